The third-order valence-corrected chi connectivity index (χ3v) is 3.75. The number of quaternary nitrogens is 1. The maximum absolute atomic E-state index is 11.9. The molecule has 6 nitrogen and oxygen atoms in total. The van der Waals surface area contributed by atoms with Crippen LogP contribution in [0.4, 0.5) is 4.79 Å². The molecule has 3 N–H and O–H groups in total. The SMILES string of the molecule is C[C@@H]1C[C@H](C)C[NH+](CC(=O)NC(=O)NCc2ccco2)C1. The first-order valence-corrected chi connectivity index (χ1v) is 7.46. The van der Waals surface area contributed by atoms with Gasteiger partial charge in [-0.15, -0.1) is 0 Å². The summed E-state index contributed by atoms with van der Waals surface area (Å²) < 4.78 is 5.10. The van der Waals surface area contributed by atoms with Crippen LogP contribution < -0.4 is 15.5 Å². The highest BCUT2D eigenvalue weighted by atomic mass is 16.3. The van der Waals surface area contributed by atoms with Gasteiger partial charge in [0.15, 0.2) is 6.54 Å². The predicted molar refractivity (Wildman–Crippen MR) is 77.6 cm³/mol. The summed E-state index contributed by atoms with van der Waals surface area (Å²) in [5, 5.41) is 4.96. The first-order valence-electron chi connectivity index (χ1n) is 7.46. The molecule has 2 rings (SSSR count). The minimum Gasteiger partial charge on any atom is -0.467 e. The van der Waals surface area contributed by atoms with Gasteiger partial charge < -0.3 is 14.6 Å². The smallest absolute Gasteiger partial charge is 0.321 e. The Morgan fingerprint density at radius 1 is 1.33 bits per heavy atom. The highest BCUT2D eigenvalue weighted by Crippen LogP contribution is 2.11. The van der Waals surface area contributed by atoms with Crippen molar-refractivity contribution in [3.63, 3.8) is 0 Å². The van der Waals surface area contributed by atoms with Gasteiger partial charge in [-0.1, -0.05) is 13.8 Å². The fraction of sp³-hybridized carbons (Fsp3) is 0.600. The van der Waals surface area contributed by atoms with Crippen LogP contribution in [0.15, 0.2) is 22.8 Å². The third-order valence-electron chi connectivity index (χ3n) is 3.75. The minimum atomic E-state index is -0.478. The zero-order valence-electron chi connectivity index (χ0n) is 12.6. The fourth-order valence-corrected chi connectivity index (χ4v) is 3.09. The van der Waals surface area contributed by atoms with Gasteiger partial charge in [0, 0.05) is 11.8 Å². The molecule has 6 heteroatoms. The van der Waals surface area contributed by atoms with E-state index in [2.05, 4.69) is 24.5 Å². The third kappa shape index (κ3) is 5.23. The van der Waals surface area contributed by atoms with Gasteiger partial charge in [0.05, 0.1) is 25.9 Å². The summed E-state index contributed by atoms with van der Waals surface area (Å²) in [6, 6.07) is 3.04. The van der Waals surface area contributed by atoms with E-state index in [4.69, 9.17) is 4.42 Å². The fourth-order valence-electron chi connectivity index (χ4n) is 3.09. The van der Waals surface area contributed by atoms with E-state index in [9.17, 15) is 9.59 Å². The van der Waals surface area contributed by atoms with Gasteiger partial charge in [-0.05, 0) is 18.6 Å². The lowest BCUT2D eigenvalue weighted by Gasteiger charge is -2.31. The van der Waals surface area contributed by atoms with Crippen LogP contribution in [-0.4, -0.2) is 31.6 Å². The molecular weight excluding hydrogens is 270 g/mol. The Hall–Kier alpha value is -1.82. The van der Waals surface area contributed by atoms with Crippen molar-refractivity contribution < 1.29 is 18.9 Å². The topological polar surface area (TPSA) is 75.8 Å². The number of imide groups is 1. The molecule has 3 amide bonds. The Kier molecular flexibility index (Phi) is 5.38. The number of hydrogen-bond acceptors (Lipinski definition) is 3. The van der Waals surface area contributed by atoms with E-state index >= 15 is 0 Å². The lowest BCUT2D eigenvalue weighted by Crippen LogP contribution is -3.15. The molecule has 0 bridgehead atoms. The molecule has 1 aliphatic rings. The van der Waals surface area contributed by atoms with E-state index in [1.165, 1.54) is 11.3 Å². The van der Waals surface area contributed by atoms with Gasteiger partial charge in [0.2, 0.25) is 0 Å². The normalized spacial score (nSPS) is 25.3. The van der Waals surface area contributed by atoms with Crippen LogP contribution in [0.2, 0.25) is 0 Å². The molecule has 0 saturated carbocycles. The van der Waals surface area contributed by atoms with Crippen molar-refractivity contribution >= 4 is 11.9 Å². The molecule has 2 heterocycles. The number of carbonyl (C=O) groups is 2. The monoisotopic (exact) mass is 294 g/mol. The molecule has 1 aromatic heterocycles. The van der Waals surface area contributed by atoms with E-state index < -0.39 is 6.03 Å². The Morgan fingerprint density at radius 3 is 2.67 bits per heavy atom. The van der Waals surface area contributed by atoms with Crippen molar-refractivity contribution in [1.82, 2.24) is 10.6 Å². The molecule has 1 aliphatic heterocycles. The van der Waals surface area contributed by atoms with E-state index in [-0.39, 0.29) is 12.5 Å². The molecule has 0 spiro atoms. The second-order valence-corrected chi connectivity index (χ2v) is 6.09. The number of likely N-dealkylation sites (tertiary alicyclic amines) is 1. The lowest BCUT2D eigenvalue weighted by atomic mass is 9.92. The Balaban J connectivity index is 1.69. The van der Waals surface area contributed by atoms with Crippen LogP contribution in [0.3, 0.4) is 0 Å². The minimum absolute atomic E-state index is 0.233. The summed E-state index contributed by atoms with van der Waals surface area (Å²) in [4.78, 5) is 24.8. The van der Waals surface area contributed by atoms with Crippen LogP contribution in [0, 0.1) is 11.8 Å². The number of urea groups is 1. The largest absolute Gasteiger partial charge is 0.467 e. The van der Waals surface area contributed by atoms with Crippen molar-refractivity contribution in [2.45, 2.75) is 26.8 Å². The Labute approximate surface area is 124 Å². The average molecular weight is 294 g/mol. The van der Waals surface area contributed by atoms with Gasteiger partial charge in [-0.3, -0.25) is 10.1 Å². The van der Waals surface area contributed by atoms with Crippen LogP contribution in [-0.2, 0) is 11.3 Å². The van der Waals surface area contributed by atoms with Crippen LogP contribution in [0.5, 0.6) is 0 Å². The van der Waals surface area contributed by atoms with E-state index in [1.54, 1.807) is 18.4 Å². The Bertz CT molecular complexity index is 463. The average Bonchev–Trinajstić information content (AvgIpc) is 2.87. The van der Waals surface area contributed by atoms with Gasteiger partial charge in [-0.25, -0.2) is 4.79 Å². The predicted octanol–water partition coefficient (Wildman–Crippen LogP) is 0.166. The number of hydrogen-bond donors (Lipinski definition) is 3. The molecule has 0 radical (unpaired) electrons. The van der Waals surface area contributed by atoms with E-state index in [0.717, 1.165) is 13.1 Å². The van der Waals surface area contributed by atoms with Crippen LogP contribution in [0.25, 0.3) is 0 Å². The second kappa shape index (κ2) is 7.26. The van der Waals surface area contributed by atoms with E-state index in [0.29, 0.717) is 24.1 Å². The highest BCUT2D eigenvalue weighted by Gasteiger charge is 2.27. The Morgan fingerprint density at radius 2 is 2.05 bits per heavy atom. The summed E-state index contributed by atoms with van der Waals surface area (Å²) in [6.45, 7) is 7.03. The first-order chi connectivity index (χ1) is 10.0. The number of carbonyl (C=O) groups excluding carboxylic acids is 2. The molecule has 116 valence electrons. The molecule has 1 unspecified atom stereocenters. The molecule has 1 saturated heterocycles. The van der Waals surface area contributed by atoms with Crippen molar-refractivity contribution in [3.8, 4) is 0 Å². The summed E-state index contributed by atoms with van der Waals surface area (Å²) in [5.74, 6) is 1.68. The number of piperidine rings is 1. The zero-order valence-corrected chi connectivity index (χ0v) is 12.6. The molecule has 0 aromatic carbocycles. The zero-order chi connectivity index (χ0) is 15.2. The summed E-state index contributed by atoms with van der Waals surface area (Å²) in [7, 11) is 0. The maximum Gasteiger partial charge on any atom is 0.321 e. The molecule has 21 heavy (non-hydrogen) atoms. The second-order valence-electron chi connectivity index (χ2n) is 6.09. The lowest BCUT2D eigenvalue weighted by molar-refractivity contribution is -0.904. The van der Waals surface area contributed by atoms with Crippen LogP contribution >= 0.6 is 0 Å². The van der Waals surface area contributed by atoms with Gasteiger partial charge in [0.25, 0.3) is 5.91 Å². The molecule has 1 fully saturated rings. The van der Waals surface area contributed by atoms with Crippen LogP contribution in [0.1, 0.15) is 26.0 Å². The first kappa shape index (κ1) is 15.6. The quantitative estimate of drug-likeness (QED) is 0.741. The van der Waals surface area contributed by atoms with Crippen molar-refractivity contribution in [1.29, 1.82) is 0 Å². The van der Waals surface area contributed by atoms with Crippen molar-refractivity contribution in [3.05, 3.63) is 24.2 Å². The van der Waals surface area contributed by atoms with Gasteiger partial charge >= 0.3 is 6.03 Å². The molecular formula is C15H24N3O3+. The molecule has 3 atom stereocenters. The van der Waals surface area contributed by atoms with E-state index in [1.807, 2.05) is 0 Å². The summed E-state index contributed by atoms with van der Waals surface area (Å²) >= 11 is 0. The summed E-state index contributed by atoms with van der Waals surface area (Å²) in [6.07, 6.45) is 2.76. The van der Waals surface area contributed by atoms with Crippen molar-refractivity contribution in [2.24, 2.45) is 11.8 Å². The van der Waals surface area contributed by atoms with Crippen molar-refractivity contribution in [2.75, 3.05) is 19.6 Å². The number of furan rings is 1. The van der Waals surface area contributed by atoms with Gasteiger partial charge in [0.1, 0.15) is 5.76 Å². The molecule has 1 aromatic rings. The number of amides is 3. The standard InChI is InChI=1S/C15H23N3O3/c1-11-6-12(2)9-18(8-11)10-14(19)17-15(20)16-7-13-4-3-5-21-13/h3-5,11-12H,6-10H2,1-2H3,(H2,16,17,19,20)/p+1/t11-,12+. The maximum atomic E-state index is 11.9. The number of nitrogens with one attached hydrogen (secondary N) is 3. The van der Waals surface area contributed by atoms with Gasteiger partial charge in [-0.2, -0.15) is 0 Å². The summed E-state index contributed by atoms with van der Waals surface area (Å²) in [5.41, 5.74) is 0. The highest BCUT2D eigenvalue weighted by molar-refractivity contribution is 5.94. The number of rotatable bonds is 4. The molecule has 0 aliphatic carbocycles.